The number of hydrogen-bond donors (Lipinski definition) is 2. The first-order chi connectivity index (χ1) is 9.88. The van der Waals surface area contributed by atoms with Crippen molar-refractivity contribution in [3.8, 4) is 0 Å². The highest BCUT2D eigenvalue weighted by Gasteiger charge is 2.12. The summed E-state index contributed by atoms with van der Waals surface area (Å²) in [6.45, 7) is 4.36. The summed E-state index contributed by atoms with van der Waals surface area (Å²) < 4.78 is 22.8. The Morgan fingerprint density at radius 1 is 1.19 bits per heavy atom. The van der Waals surface area contributed by atoms with Gasteiger partial charge in [0.1, 0.15) is 11.6 Å². The van der Waals surface area contributed by atoms with Gasteiger partial charge in [-0.25, -0.2) is 13.4 Å². The van der Waals surface area contributed by atoms with Crippen LogP contribution in [0, 0.1) is 10.1 Å². The zero-order valence-electron chi connectivity index (χ0n) is 12.1. The van der Waals surface area contributed by atoms with Crippen LogP contribution in [0.3, 0.4) is 0 Å². The zero-order valence-corrected chi connectivity index (χ0v) is 12.9. The van der Waals surface area contributed by atoms with Crippen LogP contribution in [0.4, 0.5) is 17.3 Å². The van der Waals surface area contributed by atoms with E-state index in [9.17, 15) is 18.5 Å². The second kappa shape index (κ2) is 7.77. The molecule has 0 fully saturated rings. The molecule has 8 nitrogen and oxygen atoms in total. The third-order valence-electron chi connectivity index (χ3n) is 2.74. The topological polar surface area (TPSA) is 114 Å². The lowest BCUT2D eigenvalue weighted by atomic mass is 10.3. The largest absolute Gasteiger partial charge is 0.370 e. The first-order valence-electron chi connectivity index (χ1n) is 6.72. The van der Waals surface area contributed by atoms with Crippen molar-refractivity contribution in [1.29, 1.82) is 0 Å². The lowest BCUT2D eigenvalue weighted by Crippen LogP contribution is -2.18. The molecule has 0 saturated carbocycles. The zero-order chi connectivity index (χ0) is 15.9. The van der Waals surface area contributed by atoms with Crippen LogP contribution >= 0.6 is 0 Å². The average molecular weight is 316 g/mol. The van der Waals surface area contributed by atoms with E-state index in [1.807, 2.05) is 6.92 Å². The van der Waals surface area contributed by atoms with E-state index in [-0.39, 0.29) is 29.6 Å². The summed E-state index contributed by atoms with van der Waals surface area (Å²) in [7, 11) is -3.08. The van der Waals surface area contributed by atoms with Crippen LogP contribution in [0.25, 0.3) is 0 Å². The molecule has 0 aliphatic rings. The molecule has 0 amide bonds. The van der Waals surface area contributed by atoms with Gasteiger partial charge >= 0.3 is 0 Å². The molecule has 0 spiro atoms. The Balaban J connectivity index is 2.80. The highest BCUT2D eigenvalue weighted by Crippen LogP contribution is 2.20. The summed E-state index contributed by atoms with van der Waals surface area (Å²) in [5.41, 5.74) is -0.0931. The van der Waals surface area contributed by atoms with E-state index in [0.29, 0.717) is 12.4 Å². The summed E-state index contributed by atoms with van der Waals surface area (Å²) in [6, 6.07) is 2.64. The molecule has 1 rings (SSSR count). The maximum absolute atomic E-state index is 11.4. The first kappa shape index (κ1) is 17.2. The van der Waals surface area contributed by atoms with Gasteiger partial charge in [-0.1, -0.05) is 13.8 Å². The van der Waals surface area contributed by atoms with Gasteiger partial charge in [0, 0.05) is 18.8 Å². The molecule has 0 bridgehead atoms. The smallest absolute Gasteiger partial charge is 0.276 e. The van der Waals surface area contributed by atoms with Crippen molar-refractivity contribution < 1.29 is 13.3 Å². The van der Waals surface area contributed by atoms with Crippen LogP contribution in [0.15, 0.2) is 12.1 Å². The SMILES string of the molecule is CCCNc1cc([N+](=O)[O-])cc(NCCS(=O)(=O)CC)n1. The van der Waals surface area contributed by atoms with Crippen molar-refractivity contribution in [2.75, 3.05) is 35.2 Å². The Hall–Kier alpha value is -1.90. The average Bonchev–Trinajstić information content (AvgIpc) is 2.44. The van der Waals surface area contributed by atoms with E-state index < -0.39 is 14.8 Å². The lowest BCUT2D eigenvalue weighted by molar-refractivity contribution is -0.384. The molecule has 0 unspecified atom stereocenters. The number of pyridine rings is 1. The molecule has 0 radical (unpaired) electrons. The maximum atomic E-state index is 11.4. The van der Waals surface area contributed by atoms with Crippen molar-refractivity contribution in [2.24, 2.45) is 0 Å². The third-order valence-corrected chi connectivity index (χ3v) is 4.44. The van der Waals surface area contributed by atoms with Crippen LogP contribution in [0.1, 0.15) is 20.3 Å². The third kappa shape index (κ3) is 5.94. The summed E-state index contributed by atoms with van der Waals surface area (Å²) in [6.07, 6.45) is 0.863. The van der Waals surface area contributed by atoms with Crippen LogP contribution in [0.2, 0.25) is 0 Å². The molecular formula is C12H20N4O4S. The Bertz CT molecular complexity index is 589. The Labute approximate surface area is 124 Å². The van der Waals surface area contributed by atoms with Gasteiger partial charge in [0.2, 0.25) is 0 Å². The van der Waals surface area contributed by atoms with Crippen LogP contribution in [0.5, 0.6) is 0 Å². The van der Waals surface area contributed by atoms with E-state index in [1.54, 1.807) is 6.92 Å². The van der Waals surface area contributed by atoms with Crippen LogP contribution < -0.4 is 10.6 Å². The van der Waals surface area contributed by atoms with Gasteiger partial charge in [0.25, 0.3) is 5.69 Å². The monoisotopic (exact) mass is 316 g/mol. The van der Waals surface area contributed by atoms with Crippen molar-refractivity contribution in [3.05, 3.63) is 22.2 Å². The van der Waals surface area contributed by atoms with Gasteiger partial charge in [0.15, 0.2) is 9.84 Å². The predicted molar refractivity (Wildman–Crippen MR) is 82.5 cm³/mol. The fourth-order valence-electron chi connectivity index (χ4n) is 1.53. The molecule has 0 saturated heterocycles. The molecule has 9 heteroatoms. The minimum atomic E-state index is -3.08. The lowest BCUT2D eigenvalue weighted by Gasteiger charge is -2.09. The molecule has 0 aliphatic carbocycles. The number of rotatable bonds is 9. The van der Waals surface area contributed by atoms with E-state index in [0.717, 1.165) is 6.42 Å². The molecule has 21 heavy (non-hydrogen) atoms. The number of nitro groups is 1. The number of hydrogen-bond acceptors (Lipinski definition) is 7. The fraction of sp³-hybridized carbons (Fsp3) is 0.583. The van der Waals surface area contributed by atoms with Gasteiger partial charge in [-0.05, 0) is 6.42 Å². The summed E-state index contributed by atoms with van der Waals surface area (Å²) in [4.78, 5) is 14.6. The van der Waals surface area contributed by atoms with Crippen LogP contribution in [-0.4, -0.2) is 42.9 Å². The van der Waals surface area contributed by atoms with E-state index in [4.69, 9.17) is 0 Å². The molecule has 1 aromatic rings. The molecule has 0 aliphatic heterocycles. The molecule has 0 aromatic carbocycles. The Morgan fingerprint density at radius 2 is 1.76 bits per heavy atom. The Kier molecular flexibility index (Phi) is 6.35. The number of aromatic nitrogens is 1. The highest BCUT2D eigenvalue weighted by atomic mass is 32.2. The minimum Gasteiger partial charge on any atom is -0.370 e. The van der Waals surface area contributed by atoms with E-state index in [1.165, 1.54) is 12.1 Å². The van der Waals surface area contributed by atoms with Crippen molar-refractivity contribution in [2.45, 2.75) is 20.3 Å². The number of nitrogens with one attached hydrogen (secondary N) is 2. The van der Waals surface area contributed by atoms with Gasteiger partial charge < -0.3 is 10.6 Å². The second-order valence-electron chi connectivity index (χ2n) is 4.44. The van der Waals surface area contributed by atoms with Crippen molar-refractivity contribution >= 4 is 27.2 Å². The van der Waals surface area contributed by atoms with Gasteiger partial charge in [-0.15, -0.1) is 0 Å². The van der Waals surface area contributed by atoms with Crippen molar-refractivity contribution in [1.82, 2.24) is 4.98 Å². The molecule has 1 aromatic heterocycles. The normalized spacial score (nSPS) is 11.1. The quantitative estimate of drug-likeness (QED) is 0.526. The number of nitrogens with zero attached hydrogens (tertiary/aromatic N) is 2. The second-order valence-corrected chi connectivity index (χ2v) is 6.92. The fourth-order valence-corrected chi connectivity index (χ4v) is 2.24. The minimum absolute atomic E-state index is 0.0361. The van der Waals surface area contributed by atoms with E-state index >= 15 is 0 Å². The summed E-state index contributed by atoms with van der Waals surface area (Å²) in [5.74, 6) is 0.715. The first-order valence-corrected chi connectivity index (χ1v) is 8.54. The number of anilines is 2. The molecular weight excluding hydrogens is 296 g/mol. The molecule has 118 valence electrons. The van der Waals surface area contributed by atoms with Crippen molar-refractivity contribution in [3.63, 3.8) is 0 Å². The number of sulfone groups is 1. The molecule has 1 heterocycles. The molecule has 0 atom stereocenters. The molecule has 2 N–H and O–H groups in total. The maximum Gasteiger partial charge on any atom is 0.276 e. The van der Waals surface area contributed by atoms with E-state index in [2.05, 4.69) is 15.6 Å². The predicted octanol–water partition coefficient (Wildman–Crippen LogP) is 1.66. The van der Waals surface area contributed by atoms with Crippen LogP contribution in [-0.2, 0) is 9.84 Å². The standard InChI is InChI=1S/C12H20N4O4S/c1-3-5-13-11-8-10(16(17)18)9-12(15-11)14-6-7-21(19,20)4-2/h8-9H,3-7H2,1-2H3,(H2,13,14,15). The highest BCUT2D eigenvalue weighted by molar-refractivity contribution is 7.91. The van der Waals surface area contributed by atoms with Gasteiger partial charge in [-0.2, -0.15) is 0 Å². The van der Waals surface area contributed by atoms with Gasteiger partial charge in [-0.3, -0.25) is 10.1 Å². The summed E-state index contributed by atoms with van der Waals surface area (Å²) >= 11 is 0. The van der Waals surface area contributed by atoms with Gasteiger partial charge in [0.05, 0.1) is 22.8 Å². The summed E-state index contributed by atoms with van der Waals surface area (Å²) in [5, 5.41) is 16.7. The Morgan fingerprint density at radius 3 is 2.24 bits per heavy atom.